The lowest BCUT2D eigenvalue weighted by atomic mass is 9.97. The van der Waals surface area contributed by atoms with Crippen LogP contribution >= 0.6 is 0 Å². The van der Waals surface area contributed by atoms with E-state index in [1.807, 2.05) is 0 Å². The van der Waals surface area contributed by atoms with Crippen molar-refractivity contribution in [3.05, 3.63) is 29.8 Å². The van der Waals surface area contributed by atoms with Gasteiger partial charge in [-0.1, -0.05) is 0 Å². The zero-order valence-electron chi connectivity index (χ0n) is 13.6. The quantitative estimate of drug-likeness (QED) is 0.806. The SMILES string of the molecule is CC(=O)c1ccc(OC[C@H](O)CN2CCC[C@@H](C(F)(F)F)C2)cc1. The number of benzene rings is 1. The second-order valence-corrected chi connectivity index (χ2v) is 6.19. The van der Waals surface area contributed by atoms with Gasteiger partial charge in [-0.3, -0.25) is 4.79 Å². The maximum absolute atomic E-state index is 12.8. The Labute approximate surface area is 139 Å². The van der Waals surface area contributed by atoms with Crippen LogP contribution in [0.1, 0.15) is 30.1 Å². The van der Waals surface area contributed by atoms with Crippen LogP contribution in [0.5, 0.6) is 5.75 Å². The number of hydrogen-bond acceptors (Lipinski definition) is 4. The van der Waals surface area contributed by atoms with Crippen molar-refractivity contribution in [1.82, 2.24) is 4.90 Å². The molecule has 134 valence electrons. The minimum atomic E-state index is -4.18. The van der Waals surface area contributed by atoms with Gasteiger partial charge >= 0.3 is 6.18 Å². The van der Waals surface area contributed by atoms with E-state index in [0.717, 1.165) is 0 Å². The van der Waals surface area contributed by atoms with Gasteiger partial charge in [-0.25, -0.2) is 0 Å². The molecular weight excluding hydrogens is 323 g/mol. The smallest absolute Gasteiger partial charge is 0.393 e. The first-order chi connectivity index (χ1) is 11.3. The van der Waals surface area contributed by atoms with Gasteiger partial charge in [0, 0.05) is 18.7 Å². The molecule has 2 atom stereocenters. The molecule has 2 rings (SSSR count). The second-order valence-electron chi connectivity index (χ2n) is 6.19. The van der Waals surface area contributed by atoms with Crippen molar-refractivity contribution in [2.75, 3.05) is 26.2 Å². The Balaban J connectivity index is 1.78. The lowest BCUT2D eigenvalue weighted by molar-refractivity contribution is -0.187. The number of aliphatic hydroxyl groups excluding tert-OH is 1. The lowest BCUT2D eigenvalue weighted by Crippen LogP contribution is -2.45. The topological polar surface area (TPSA) is 49.8 Å². The van der Waals surface area contributed by atoms with Crippen molar-refractivity contribution >= 4 is 5.78 Å². The number of carbonyl (C=O) groups excluding carboxylic acids is 1. The van der Waals surface area contributed by atoms with E-state index < -0.39 is 18.2 Å². The number of alkyl halides is 3. The van der Waals surface area contributed by atoms with Crippen LogP contribution in [-0.2, 0) is 0 Å². The minimum absolute atomic E-state index is 0.00734. The van der Waals surface area contributed by atoms with E-state index in [1.165, 1.54) is 6.92 Å². The largest absolute Gasteiger partial charge is 0.491 e. The van der Waals surface area contributed by atoms with Crippen LogP contribution in [0.25, 0.3) is 0 Å². The van der Waals surface area contributed by atoms with Crippen LogP contribution in [-0.4, -0.2) is 54.3 Å². The highest BCUT2D eigenvalue weighted by Crippen LogP contribution is 2.33. The molecular formula is C17H22F3NO3. The maximum atomic E-state index is 12.8. The second kappa shape index (κ2) is 7.98. The predicted octanol–water partition coefficient (Wildman–Crippen LogP) is 2.90. The first-order valence-corrected chi connectivity index (χ1v) is 7.96. The number of ketones is 1. The van der Waals surface area contributed by atoms with Crippen LogP contribution in [0.4, 0.5) is 13.2 Å². The molecule has 4 nitrogen and oxygen atoms in total. The zero-order valence-corrected chi connectivity index (χ0v) is 13.6. The average molecular weight is 345 g/mol. The van der Waals surface area contributed by atoms with E-state index in [1.54, 1.807) is 29.2 Å². The highest BCUT2D eigenvalue weighted by atomic mass is 19.4. The number of halogens is 3. The number of ether oxygens (including phenoxy) is 1. The Bertz CT molecular complexity index is 545. The molecule has 0 bridgehead atoms. The van der Waals surface area contributed by atoms with E-state index >= 15 is 0 Å². The van der Waals surface area contributed by atoms with E-state index in [2.05, 4.69) is 0 Å². The van der Waals surface area contributed by atoms with E-state index in [-0.39, 0.29) is 31.9 Å². The summed E-state index contributed by atoms with van der Waals surface area (Å²) in [6.45, 7) is 2.09. The van der Waals surface area contributed by atoms with Crippen LogP contribution < -0.4 is 4.74 Å². The molecule has 1 heterocycles. The highest BCUT2D eigenvalue weighted by molar-refractivity contribution is 5.94. The van der Waals surface area contributed by atoms with Gasteiger partial charge in [-0.05, 0) is 50.6 Å². The summed E-state index contributed by atoms with van der Waals surface area (Å²) in [6, 6.07) is 6.51. The van der Waals surface area contributed by atoms with Gasteiger partial charge in [-0.15, -0.1) is 0 Å². The van der Waals surface area contributed by atoms with Gasteiger partial charge in [-0.2, -0.15) is 13.2 Å². The number of carbonyl (C=O) groups is 1. The fourth-order valence-corrected chi connectivity index (χ4v) is 2.82. The van der Waals surface area contributed by atoms with E-state index in [4.69, 9.17) is 4.74 Å². The number of nitrogens with zero attached hydrogens (tertiary/aromatic N) is 1. The molecule has 7 heteroatoms. The number of β-amino-alcohol motifs (C(OH)–C–C–N with tert-alkyl or cyclic N) is 1. The Hall–Kier alpha value is -1.60. The van der Waals surface area contributed by atoms with Crippen molar-refractivity contribution in [3.8, 4) is 5.75 Å². The maximum Gasteiger partial charge on any atom is 0.393 e. The van der Waals surface area contributed by atoms with Crippen LogP contribution in [0, 0.1) is 5.92 Å². The summed E-state index contributed by atoms with van der Waals surface area (Å²) in [6.07, 6.45) is -4.43. The van der Waals surface area contributed by atoms with Crippen molar-refractivity contribution < 1.29 is 27.8 Å². The van der Waals surface area contributed by atoms with E-state index in [0.29, 0.717) is 24.3 Å². The molecule has 1 aliphatic heterocycles. The first-order valence-electron chi connectivity index (χ1n) is 7.96. The third kappa shape index (κ3) is 5.49. The molecule has 1 aromatic carbocycles. The normalized spacial score (nSPS) is 20.6. The van der Waals surface area contributed by atoms with Gasteiger partial charge < -0.3 is 14.7 Å². The molecule has 0 spiro atoms. The van der Waals surface area contributed by atoms with Crippen LogP contribution in [0.3, 0.4) is 0 Å². The minimum Gasteiger partial charge on any atom is -0.491 e. The van der Waals surface area contributed by atoms with Crippen molar-refractivity contribution in [3.63, 3.8) is 0 Å². The summed E-state index contributed by atoms with van der Waals surface area (Å²) >= 11 is 0. The summed E-state index contributed by atoms with van der Waals surface area (Å²) in [4.78, 5) is 12.8. The monoisotopic (exact) mass is 345 g/mol. The molecule has 0 amide bonds. The van der Waals surface area contributed by atoms with Gasteiger partial charge in [0.25, 0.3) is 0 Å². The summed E-state index contributed by atoms with van der Waals surface area (Å²) in [5, 5.41) is 9.99. The molecule has 0 saturated carbocycles. The molecule has 1 aromatic rings. The molecule has 0 aromatic heterocycles. The number of rotatable bonds is 6. The van der Waals surface area contributed by atoms with Gasteiger partial charge in [0.05, 0.1) is 5.92 Å². The molecule has 1 saturated heterocycles. The van der Waals surface area contributed by atoms with Gasteiger partial charge in [0.1, 0.15) is 18.5 Å². The molecule has 1 aliphatic rings. The van der Waals surface area contributed by atoms with Crippen molar-refractivity contribution in [2.24, 2.45) is 5.92 Å². The Morgan fingerprint density at radius 2 is 2.04 bits per heavy atom. The summed E-state index contributed by atoms with van der Waals surface area (Å²) in [5.41, 5.74) is 0.564. The third-order valence-corrected chi connectivity index (χ3v) is 4.14. The predicted molar refractivity (Wildman–Crippen MR) is 83.2 cm³/mol. The van der Waals surface area contributed by atoms with Crippen LogP contribution in [0.15, 0.2) is 24.3 Å². The third-order valence-electron chi connectivity index (χ3n) is 4.14. The Kier molecular flexibility index (Phi) is 6.23. The average Bonchev–Trinajstić information content (AvgIpc) is 2.53. The summed E-state index contributed by atoms with van der Waals surface area (Å²) in [5.74, 6) is -0.866. The number of hydrogen-bond donors (Lipinski definition) is 1. The fourth-order valence-electron chi connectivity index (χ4n) is 2.82. The van der Waals surface area contributed by atoms with E-state index in [9.17, 15) is 23.1 Å². The van der Waals surface area contributed by atoms with Crippen molar-refractivity contribution in [1.29, 1.82) is 0 Å². The molecule has 1 fully saturated rings. The van der Waals surface area contributed by atoms with Gasteiger partial charge in [0.15, 0.2) is 5.78 Å². The van der Waals surface area contributed by atoms with Gasteiger partial charge in [0.2, 0.25) is 0 Å². The standard InChI is InChI=1S/C17H22F3NO3/c1-12(22)13-4-6-16(7-5-13)24-11-15(23)10-21-8-2-3-14(9-21)17(18,19)20/h4-7,14-15,23H,2-3,8-11H2,1H3/t14-,15-/m1/s1. The molecule has 0 radical (unpaired) electrons. The van der Waals surface area contributed by atoms with Crippen molar-refractivity contribution in [2.45, 2.75) is 32.0 Å². The molecule has 0 unspecified atom stereocenters. The Morgan fingerprint density at radius 1 is 1.38 bits per heavy atom. The zero-order chi connectivity index (χ0) is 17.7. The number of likely N-dealkylation sites (tertiary alicyclic amines) is 1. The highest BCUT2D eigenvalue weighted by Gasteiger charge is 2.41. The van der Waals surface area contributed by atoms with Crippen LogP contribution in [0.2, 0.25) is 0 Å². The molecule has 24 heavy (non-hydrogen) atoms. The molecule has 0 aliphatic carbocycles. The number of piperidine rings is 1. The molecule has 1 N–H and O–H groups in total. The Morgan fingerprint density at radius 3 is 2.62 bits per heavy atom. The fraction of sp³-hybridized carbons (Fsp3) is 0.588. The lowest BCUT2D eigenvalue weighted by Gasteiger charge is -2.34. The first kappa shape index (κ1) is 18.7. The summed E-state index contributed by atoms with van der Waals surface area (Å²) in [7, 11) is 0. The number of aliphatic hydroxyl groups is 1. The summed E-state index contributed by atoms with van der Waals surface area (Å²) < 4.78 is 43.7. The number of Topliss-reactive ketones (excluding diaryl/α,β-unsaturated/α-hetero) is 1.